The van der Waals surface area contributed by atoms with Gasteiger partial charge in [0.05, 0.1) is 13.7 Å². The number of hydrogen-bond acceptors (Lipinski definition) is 7. The van der Waals surface area contributed by atoms with Crippen LogP contribution in [0.25, 0.3) is 0 Å². The van der Waals surface area contributed by atoms with Gasteiger partial charge in [0.1, 0.15) is 23.2 Å². The maximum Gasteiger partial charge on any atom is 0.329 e. The van der Waals surface area contributed by atoms with Gasteiger partial charge in [0.25, 0.3) is 5.91 Å². The summed E-state index contributed by atoms with van der Waals surface area (Å²) < 4.78 is 17.0. The Labute approximate surface area is 156 Å². The van der Waals surface area contributed by atoms with Crippen LogP contribution < -0.4 is 14.8 Å². The van der Waals surface area contributed by atoms with Crippen LogP contribution >= 0.6 is 12.6 Å². The molecule has 1 aromatic heterocycles. The number of benzene rings is 1. The Hall–Kier alpha value is -2.68. The van der Waals surface area contributed by atoms with Gasteiger partial charge in [-0.1, -0.05) is 0 Å². The number of amides is 1. The van der Waals surface area contributed by atoms with Crippen molar-refractivity contribution >= 4 is 24.5 Å². The summed E-state index contributed by atoms with van der Waals surface area (Å²) in [6.45, 7) is 2.06. The molecular weight excluding hydrogens is 358 g/mol. The fourth-order valence-electron chi connectivity index (χ4n) is 2.02. The van der Waals surface area contributed by atoms with Crippen LogP contribution in [0.3, 0.4) is 0 Å². The number of aromatic nitrogens is 2. The molecule has 0 saturated heterocycles. The first-order valence-corrected chi connectivity index (χ1v) is 8.59. The van der Waals surface area contributed by atoms with Crippen molar-refractivity contribution in [1.82, 2.24) is 15.1 Å². The van der Waals surface area contributed by atoms with E-state index in [4.69, 9.17) is 14.2 Å². The van der Waals surface area contributed by atoms with Crippen LogP contribution in [0.4, 0.5) is 0 Å². The molecule has 0 bridgehead atoms. The molecule has 1 atom stereocenters. The van der Waals surface area contributed by atoms with Gasteiger partial charge in [-0.3, -0.25) is 4.79 Å². The molecule has 26 heavy (non-hydrogen) atoms. The second kappa shape index (κ2) is 9.71. The van der Waals surface area contributed by atoms with E-state index in [0.717, 1.165) is 5.75 Å². The lowest BCUT2D eigenvalue weighted by atomic mass is 10.3. The number of carbonyl (C=O) groups excluding carboxylic acids is 2. The lowest BCUT2D eigenvalue weighted by Crippen LogP contribution is -2.43. The number of hydrogen-bond donors (Lipinski definition) is 2. The Morgan fingerprint density at radius 2 is 1.92 bits per heavy atom. The lowest BCUT2D eigenvalue weighted by molar-refractivity contribution is -0.144. The third-order valence-electron chi connectivity index (χ3n) is 3.36. The quantitative estimate of drug-likeness (QED) is 0.507. The zero-order chi connectivity index (χ0) is 18.9. The molecule has 1 N–H and O–H groups in total. The second-order valence-corrected chi connectivity index (χ2v) is 5.52. The second-order valence-electron chi connectivity index (χ2n) is 5.15. The zero-order valence-corrected chi connectivity index (χ0v) is 15.4. The van der Waals surface area contributed by atoms with E-state index >= 15 is 0 Å². The number of carbonyl (C=O) groups is 2. The van der Waals surface area contributed by atoms with Gasteiger partial charge in [0.2, 0.25) is 0 Å². The van der Waals surface area contributed by atoms with Crippen molar-refractivity contribution < 1.29 is 23.8 Å². The van der Waals surface area contributed by atoms with Crippen LogP contribution in [-0.2, 0) is 16.3 Å². The van der Waals surface area contributed by atoms with E-state index in [0.29, 0.717) is 5.75 Å². The van der Waals surface area contributed by atoms with E-state index in [2.05, 4.69) is 23.0 Å². The molecular formula is C17H21N3O5S. The van der Waals surface area contributed by atoms with E-state index in [1.54, 1.807) is 44.5 Å². The van der Waals surface area contributed by atoms with Gasteiger partial charge in [-0.2, -0.15) is 17.7 Å². The molecule has 0 aliphatic rings. The van der Waals surface area contributed by atoms with Gasteiger partial charge in [0, 0.05) is 11.9 Å². The number of rotatable bonds is 9. The van der Waals surface area contributed by atoms with Gasteiger partial charge in [-0.05, 0) is 37.3 Å². The first-order chi connectivity index (χ1) is 12.6. The summed E-state index contributed by atoms with van der Waals surface area (Å²) in [6.07, 6.45) is 1.61. The summed E-state index contributed by atoms with van der Waals surface area (Å²) in [5, 5.41) is 6.68. The highest BCUT2D eigenvalue weighted by Gasteiger charge is 2.22. The average molecular weight is 379 g/mol. The molecule has 0 aliphatic carbocycles. The Morgan fingerprint density at radius 3 is 2.54 bits per heavy atom. The molecule has 2 rings (SSSR count). The molecule has 2 aromatic rings. The summed E-state index contributed by atoms with van der Waals surface area (Å²) in [7, 11) is 1.59. The van der Waals surface area contributed by atoms with Crippen molar-refractivity contribution in [2.75, 3.05) is 19.5 Å². The average Bonchev–Trinajstić information content (AvgIpc) is 3.14. The molecule has 1 heterocycles. The summed E-state index contributed by atoms with van der Waals surface area (Å²) in [6, 6.07) is 7.81. The summed E-state index contributed by atoms with van der Waals surface area (Å²) in [5.41, 5.74) is 0.166. The number of thiol groups is 1. The topological polar surface area (TPSA) is 91.7 Å². The standard InChI is InChI=1S/C17H21N3O5S/c1-3-24-17(22)15(10-26)18-16(21)14-8-9-20(19-14)11-25-13-6-4-12(23-2)5-7-13/h4-9,15,26H,3,10-11H2,1-2H3,(H,18,21)/t15-/m0/s1. The van der Waals surface area contributed by atoms with Gasteiger partial charge in [-0.25, -0.2) is 9.48 Å². The number of ether oxygens (including phenoxy) is 3. The Kier molecular flexibility index (Phi) is 7.34. The van der Waals surface area contributed by atoms with Crippen molar-refractivity contribution in [2.45, 2.75) is 19.7 Å². The minimum absolute atomic E-state index is 0.131. The van der Waals surface area contributed by atoms with Gasteiger partial charge in [-0.15, -0.1) is 0 Å². The fraction of sp³-hybridized carbons (Fsp3) is 0.353. The van der Waals surface area contributed by atoms with Gasteiger partial charge in [0.15, 0.2) is 6.73 Å². The normalized spacial score (nSPS) is 11.5. The van der Waals surface area contributed by atoms with E-state index in [1.165, 1.54) is 10.7 Å². The predicted octanol–water partition coefficient (Wildman–Crippen LogP) is 1.52. The molecule has 0 unspecified atom stereocenters. The van der Waals surface area contributed by atoms with E-state index in [9.17, 15) is 9.59 Å². The highest BCUT2D eigenvalue weighted by Crippen LogP contribution is 2.17. The van der Waals surface area contributed by atoms with Crippen molar-refractivity contribution in [3.63, 3.8) is 0 Å². The van der Waals surface area contributed by atoms with Crippen LogP contribution in [0.15, 0.2) is 36.5 Å². The first-order valence-electron chi connectivity index (χ1n) is 7.96. The molecule has 0 fully saturated rings. The SMILES string of the molecule is CCOC(=O)[C@H](CS)NC(=O)c1ccn(COc2ccc(OC)cc2)n1. The third kappa shape index (κ3) is 5.41. The molecule has 0 aliphatic heterocycles. The number of methoxy groups -OCH3 is 1. The molecule has 140 valence electrons. The summed E-state index contributed by atoms with van der Waals surface area (Å²) in [4.78, 5) is 23.9. The molecule has 1 aromatic carbocycles. The van der Waals surface area contributed by atoms with Crippen molar-refractivity contribution in [3.05, 3.63) is 42.2 Å². The number of esters is 1. The monoisotopic (exact) mass is 379 g/mol. The molecule has 8 nitrogen and oxygen atoms in total. The Balaban J connectivity index is 1.91. The Morgan fingerprint density at radius 1 is 1.23 bits per heavy atom. The van der Waals surface area contributed by atoms with Crippen LogP contribution in [-0.4, -0.2) is 47.2 Å². The van der Waals surface area contributed by atoms with Crippen LogP contribution in [0.5, 0.6) is 11.5 Å². The van der Waals surface area contributed by atoms with Crippen molar-refractivity contribution in [3.8, 4) is 11.5 Å². The summed E-state index contributed by atoms with van der Waals surface area (Å²) >= 11 is 4.06. The number of nitrogens with one attached hydrogen (secondary N) is 1. The molecule has 0 saturated carbocycles. The van der Waals surface area contributed by atoms with E-state index in [1.807, 2.05) is 0 Å². The minimum atomic E-state index is -0.827. The predicted molar refractivity (Wildman–Crippen MR) is 97.6 cm³/mol. The van der Waals surface area contributed by atoms with Gasteiger partial charge >= 0.3 is 5.97 Å². The van der Waals surface area contributed by atoms with Crippen LogP contribution in [0.2, 0.25) is 0 Å². The molecule has 9 heteroatoms. The highest BCUT2D eigenvalue weighted by molar-refractivity contribution is 7.80. The smallest absolute Gasteiger partial charge is 0.329 e. The maximum absolute atomic E-state index is 12.2. The number of nitrogens with zero attached hydrogens (tertiary/aromatic N) is 2. The van der Waals surface area contributed by atoms with Crippen LogP contribution in [0, 0.1) is 0 Å². The van der Waals surface area contributed by atoms with Crippen molar-refractivity contribution in [2.24, 2.45) is 0 Å². The summed E-state index contributed by atoms with van der Waals surface area (Å²) in [5.74, 6) is 0.491. The van der Waals surface area contributed by atoms with Crippen LogP contribution in [0.1, 0.15) is 17.4 Å². The molecule has 1 amide bonds. The Bertz CT molecular complexity index is 732. The first kappa shape index (κ1) is 19.6. The maximum atomic E-state index is 12.2. The highest BCUT2D eigenvalue weighted by atomic mass is 32.1. The zero-order valence-electron chi connectivity index (χ0n) is 14.5. The minimum Gasteiger partial charge on any atom is -0.497 e. The van der Waals surface area contributed by atoms with Gasteiger partial charge < -0.3 is 19.5 Å². The van der Waals surface area contributed by atoms with E-state index < -0.39 is 17.9 Å². The molecule has 0 spiro atoms. The fourth-order valence-corrected chi connectivity index (χ4v) is 2.26. The van der Waals surface area contributed by atoms with E-state index in [-0.39, 0.29) is 24.8 Å². The third-order valence-corrected chi connectivity index (χ3v) is 3.72. The largest absolute Gasteiger partial charge is 0.497 e. The van der Waals surface area contributed by atoms with Crippen molar-refractivity contribution in [1.29, 1.82) is 0 Å². The molecule has 0 radical (unpaired) electrons. The lowest BCUT2D eigenvalue weighted by Gasteiger charge is -2.14.